The minimum Gasteiger partial charge on any atom is -0.341 e. The van der Waals surface area contributed by atoms with Crippen molar-refractivity contribution in [3.8, 4) is 0 Å². The van der Waals surface area contributed by atoms with E-state index in [4.69, 9.17) is 0 Å². The van der Waals surface area contributed by atoms with Crippen LogP contribution in [0.15, 0.2) is 48.5 Å². The SMILES string of the molecule is CC(=O)NC1C(=O)N(CCc2ccccc2)c2ccc(C)cc21. The maximum atomic E-state index is 12.7. The Morgan fingerprint density at radius 1 is 1.17 bits per heavy atom. The lowest BCUT2D eigenvalue weighted by Gasteiger charge is -2.18. The zero-order valence-electron chi connectivity index (χ0n) is 13.4. The molecule has 1 heterocycles. The Balaban J connectivity index is 1.86. The first-order chi connectivity index (χ1) is 11.1. The van der Waals surface area contributed by atoms with Crippen LogP contribution < -0.4 is 10.2 Å². The molecule has 1 unspecified atom stereocenters. The smallest absolute Gasteiger partial charge is 0.254 e. The summed E-state index contributed by atoms with van der Waals surface area (Å²) in [7, 11) is 0. The van der Waals surface area contributed by atoms with Gasteiger partial charge in [-0.3, -0.25) is 9.59 Å². The number of nitrogens with one attached hydrogen (secondary N) is 1. The molecule has 1 N–H and O–H groups in total. The summed E-state index contributed by atoms with van der Waals surface area (Å²) in [5, 5.41) is 2.77. The van der Waals surface area contributed by atoms with Crippen molar-refractivity contribution in [3.05, 3.63) is 65.2 Å². The predicted octanol–water partition coefficient (Wildman–Crippen LogP) is 2.76. The highest BCUT2D eigenvalue weighted by Crippen LogP contribution is 2.36. The maximum Gasteiger partial charge on any atom is 0.254 e. The van der Waals surface area contributed by atoms with Crippen LogP contribution in [-0.2, 0) is 16.0 Å². The van der Waals surface area contributed by atoms with Crippen molar-refractivity contribution in [1.29, 1.82) is 0 Å². The normalized spacial score (nSPS) is 16.3. The van der Waals surface area contributed by atoms with Crippen LogP contribution in [-0.4, -0.2) is 18.4 Å². The van der Waals surface area contributed by atoms with E-state index in [-0.39, 0.29) is 11.8 Å². The van der Waals surface area contributed by atoms with E-state index in [9.17, 15) is 9.59 Å². The second-order valence-corrected chi connectivity index (χ2v) is 5.92. The zero-order valence-corrected chi connectivity index (χ0v) is 13.4. The summed E-state index contributed by atoms with van der Waals surface area (Å²) in [6.45, 7) is 4.03. The summed E-state index contributed by atoms with van der Waals surface area (Å²) in [6, 6.07) is 15.5. The van der Waals surface area contributed by atoms with Gasteiger partial charge in [0.2, 0.25) is 5.91 Å². The lowest BCUT2D eigenvalue weighted by Crippen LogP contribution is -2.37. The molecule has 1 aliphatic heterocycles. The number of anilines is 1. The molecule has 23 heavy (non-hydrogen) atoms. The molecule has 4 nitrogen and oxygen atoms in total. The number of aryl methyl sites for hydroxylation is 1. The summed E-state index contributed by atoms with van der Waals surface area (Å²) >= 11 is 0. The Morgan fingerprint density at radius 2 is 1.91 bits per heavy atom. The number of nitrogens with zero attached hydrogens (tertiary/aromatic N) is 1. The van der Waals surface area contributed by atoms with Crippen molar-refractivity contribution in [2.75, 3.05) is 11.4 Å². The molecule has 1 atom stereocenters. The first-order valence-electron chi connectivity index (χ1n) is 7.79. The molecule has 1 aliphatic rings. The van der Waals surface area contributed by atoms with Crippen molar-refractivity contribution in [3.63, 3.8) is 0 Å². The van der Waals surface area contributed by atoms with E-state index in [0.717, 1.165) is 23.2 Å². The Morgan fingerprint density at radius 3 is 2.61 bits per heavy atom. The van der Waals surface area contributed by atoms with E-state index in [1.165, 1.54) is 12.5 Å². The van der Waals surface area contributed by atoms with Gasteiger partial charge in [-0.05, 0) is 25.0 Å². The van der Waals surface area contributed by atoms with Crippen molar-refractivity contribution < 1.29 is 9.59 Å². The number of hydrogen-bond acceptors (Lipinski definition) is 2. The van der Waals surface area contributed by atoms with E-state index < -0.39 is 6.04 Å². The Kier molecular flexibility index (Phi) is 4.15. The summed E-state index contributed by atoms with van der Waals surface area (Å²) in [6.07, 6.45) is 0.784. The van der Waals surface area contributed by atoms with Crippen LogP contribution in [0.3, 0.4) is 0 Å². The number of carbonyl (C=O) groups excluding carboxylic acids is 2. The van der Waals surface area contributed by atoms with E-state index in [2.05, 4.69) is 17.4 Å². The maximum absolute atomic E-state index is 12.7. The number of amides is 2. The molecule has 0 saturated carbocycles. The second-order valence-electron chi connectivity index (χ2n) is 5.92. The van der Waals surface area contributed by atoms with Crippen molar-refractivity contribution >= 4 is 17.5 Å². The largest absolute Gasteiger partial charge is 0.341 e. The summed E-state index contributed by atoms with van der Waals surface area (Å²) in [4.78, 5) is 26.0. The second kappa shape index (κ2) is 6.24. The van der Waals surface area contributed by atoms with E-state index in [0.29, 0.717) is 6.54 Å². The van der Waals surface area contributed by atoms with Crippen molar-refractivity contribution in [2.24, 2.45) is 0 Å². The van der Waals surface area contributed by atoms with Crippen LogP contribution >= 0.6 is 0 Å². The Bertz CT molecular complexity index is 740. The zero-order chi connectivity index (χ0) is 16.4. The first kappa shape index (κ1) is 15.3. The summed E-state index contributed by atoms with van der Waals surface area (Å²) in [5.41, 5.74) is 4.06. The van der Waals surface area contributed by atoms with Crippen LogP contribution in [0.25, 0.3) is 0 Å². The molecule has 0 fully saturated rings. The van der Waals surface area contributed by atoms with Gasteiger partial charge in [0.15, 0.2) is 0 Å². The highest BCUT2D eigenvalue weighted by Gasteiger charge is 2.37. The lowest BCUT2D eigenvalue weighted by atomic mass is 10.1. The fourth-order valence-corrected chi connectivity index (χ4v) is 3.02. The topological polar surface area (TPSA) is 49.4 Å². The number of hydrogen-bond donors (Lipinski definition) is 1. The van der Waals surface area contributed by atoms with Gasteiger partial charge in [0.1, 0.15) is 6.04 Å². The van der Waals surface area contributed by atoms with Gasteiger partial charge in [-0.25, -0.2) is 0 Å². The Hall–Kier alpha value is -2.62. The number of fused-ring (bicyclic) bond motifs is 1. The quantitative estimate of drug-likeness (QED) is 0.944. The average Bonchev–Trinajstić information content (AvgIpc) is 2.78. The molecule has 0 aliphatic carbocycles. The first-order valence-corrected chi connectivity index (χ1v) is 7.79. The molecule has 3 rings (SSSR count). The van der Waals surface area contributed by atoms with Crippen LogP contribution in [0.1, 0.15) is 29.7 Å². The van der Waals surface area contributed by atoms with Gasteiger partial charge in [-0.2, -0.15) is 0 Å². The van der Waals surface area contributed by atoms with Gasteiger partial charge >= 0.3 is 0 Å². The summed E-state index contributed by atoms with van der Waals surface area (Å²) < 4.78 is 0. The lowest BCUT2D eigenvalue weighted by molar-refractivity contribution is -0.126. The van der Waals surface area contributed by atoms with E-state index in [1.807, 2.05) is 43.3 Å². The van der Waals surface area contributed by atoms with Gasteiger partial charge < -0.3 is 10.2 Å². The molecule has 0 bridgehead atoms. The van der Waals surface area contributed by atoms with Gasteiger partial charge in [-0.1, -0.05) is 48.0 Å². The highest BCUT2D eigenvalue weighted by atomic mass is 16.2. The molecular weight excluding hydrogens is 288 g/mol. The van der Waals surface area contributed by atoms with Gasteiger partial charge in [0.25, 0.3) is 5.91 Å². The molecule has 0 saturated heterocycles. The molecule has 0 spiro atoms. The monoisotopic (exact) mass is 308 g/mol. The molecule has 2 amide bonds. The van der Waals surface area contributed by atoms with E-state index >= 15 is 0 Å². The summed E-state index contributed by atoms with van der Waals surface area (Å²) in [5.74, 6) is -0.252. The van der Waals surface area contributed by atoms with Crippen molar-refractivity contribution in [2.45, 2.75) is 26.3 Å². The fraction of sp³-hybridized carbons (Fsp3) is 0.263. The standard InChI is InChI=1S/C19H20N2O2/c1-13-8-9-17-16(12-13)18(20-14(2)22)19(23)21(17)11-10-15-6-4-3-5-7-15/h3-9,12,18H,10-11H2,1-2H3,(H,20,22). The molecule has 2 aromatic carbocycles. The molecule has 118 valence electrons. The van der Waals surface area contributed by atoms with Crippen LogP contribution in [0.5, 0.6) is 0 Å². The number of carbonyl (C=O) groups is 2. The van der Waals surface area contributed by atoms with Gasteiger partial charge in [0, 0.05) is 24.7 Å². The Labute approximate surface area is 136 Å². The molecule has 2 aromatic rings. The highest BCUT2D eigenvalue weighted by molar-refractivity contribution is 6.06. The van der Waals surface area contributed by atoms with Crippen molar-refractivity contribution in [1.82, 2.24) is 5.32 Å². The molecule has 0 radical (unpaired) electrons. The number of rotatable bonds is 4. The van der Waals surface area contributed by atoms with Gasteiger partial charge in [-0.15, -0.1) is 0 Å². The molecule has 0 aromatic heterocycles. The third kappa shape index (κ3) is 3.11. The fourth-order valence-electron chi connectivity index (χ4n) is 3.02. The van der Waals surface area contributed by atoms with Gasteiger partial charge in [0.05, 0.1) is 0 Å². The van der Waals surface area contributed by atoms with E-state index in [1.54, 1.807) is 4.90 Å². The molecule has 4 heteroatoms. The number of benzene rings is 2. The average molecular weight is 308 g/mol. The molecular formula is C19H20N2O2. The minimum atomic E-state index is -0.571. The van der Waals surface area contributed by atoms with Crippen LogP contribution in [0, 0.1) is 6.92 Å². The predicted molar refractivity (Wildman–Crippen MR) is 90.2 cm³/mol. The minimum absolute atomic E-state index is 0.0586. The van der Waals surface area contributed by atoms with Crippen LogP contribution in [0.4, 0.5) is 5.69 Å². The van der Waals surface area contributed by atoms with Crippen LogP contribution in [0.2, 0.25) is 0 Å². The third-order valence-corrected chi connectivity index (χ3v) is 4.11. The third-order valence-electron chi connectivity index (χ3n) is 4.11.